The fourth-order valence-electron chi connectivity index (χ4n) is 3.09. The highest BCUT2D eigenvalue weighted by atomic mass is 32.1. The lowest BCUT2D eigenvalue weighted by atomic mass is 10.2. The lowest BCUT2D eigenvalue weighted by molar-refractivity contribution is 0.164. The molecule has 0 spiro atoms. The molecule has 1 atom stereocenters. The molecule has 4 rings (SSSR count). The van der Waals surface area contributed by atoms with Gasteiger partial charge in [-0.3, -0.25) is 4.90 Å². The summed E-state index contributed by atoms with van der Waals surface area (Å²) in [5, 5.41) is 6.10. The number of nitrogens with zero attached hydrogens (tertiary/aromatic N) is 4. The summed E-state index contributed by atoms with van der Waals surface area (Å²) in [6, 6.07) is 10.7. The van der Waals surface area contributed by atoms with E-state index in [0.29, 0.717) is 11.7 Å². The summed E-state index contributed by atoms with van der Waals surface area (Å²) < 4.78 is 18.5. The van der Waals surface area contributed by atoms with Crippen LogP contribution < -0.4 is 4.90 Å². The van der Waals surface area contributed by atoms with Crippen LogP contribution in [0.25, 0.3) is 10.7 Å². The van der Waals surface area contributed by atoms with Gasteiger partial charge in [0, 0.05) is 31.9 Å². The molecule has 25 heavy (non-hydrogen) atoms. The second-order valence-corrected chi connectivity index (χ2v) is 7.06. The highest BCUT2D eigenvalue weighted by molar-refractivity contribution is 7.13. The normalized spacial score (nSPS) is 17.0. The molecule has 1 aliphatic rings. The smallest absolute Gasteiger partial charge is 0.244 e. The SMILES string of the molecule is CC(c1nc(-c2cccs2)no1)N1CCN(c2ccc(F)cc2)CC1. The van der Waals surface area contributed by atoms with Gasteiger partial charge in [0.05, 0.1) is 10.9 Å². The van der Waals surface area contributed by atoms with E-state index in [1.165, 1.54) is 12.1 Å². The lowest BCUT2D eigenvalue weighted by Gasteiger charge is -2.38. The Hall–Kier alpha value is -2.25. The van der Waals surface area contributed by atoms with E-state index in [0.717, 1.165) is 36.7 Å². The Morgan fingerprint density at radius 3 is 2.56 bits per heavy atom. The Bertz CT molecular complexity index is 810. The van der Waals surface area contributed by atoms with Gasteiger partial charge in [-0.2, -0.15) is 4.98 Å². The van der Waals surface area contributed by atoms with Crippen molar-refractivity contribution in [3.05, 3.63) is 53.5 Å². The average Bonchev–Trinajstić information content (AvgIpc) is 3.33. The van der Waals surface area contributed by atoms with Gasteiger partial charge in [-0.1, -0.05) is 11.2 Å². The van der Waals surface area contributed by atoms with Gasteiger partial charge in [-0.25, -0.2) is 4.39 Å². The van der Waals surface area contributed by atoms with Crippen molar-refractivity contribution in [3.8, 4) is 10.7 Å². The number of benzene rings is 1. The van der Waals surface area contributed by atoms with Crippen molar-refractivity contribution < 1.29 is 8.91 Å². The van der Waals surface area contributed by atoms with Crippen molar-refractivity contribution in [2.24, 2.45) is 0 Å². The standard InChI is InChI=1S/C18H19FN4OS/c1-13(18-20-17(21-24-18)16-3-2-12-25-16)22-8-10-23(11-9-22)15-6-4-14(19)5-7-15/h2-7,12-13H,8-11H2,1H3. The maximum atomic E-state index is 13.1. The maximum absolute atomic E-state index is 13.1. The number of anilines is 1. The third kappa shape index (κ3) is 3.43. The molecule has 1 aromatic carbocycles. The summed E-state index contributed by atoms with van der Waals surface area (Å²) in [5.41, 5.74) is 1.06. The van der Waals surface area contributed by atoms with Crippen LogP contribution in [0.1, 0.15) is 18.9 Å². The van der Waals surface area contributed by atoms with E-state index < -0.39 is 0 Å². The molecular formula is C18H19FN4OS. The molecule has 1 unspecified atom stereocenters. The van der Waals surface area contributed by atoms with Gasteiger partial charge in [0.2, 0.25) is 11.7 Å². The number of hydrogen-bond donors (Lipinski definition) is 0. The molecule has 130 valence electrons. The van der Waals surface area contributed by atoms with Gasteiger partial charge >= 0.3 is 0 Å². The molecule has 3 heterocycles. The van der Waals surface area contributed by atoms with Crippen molar-refractivity contribution >= 4 is 17.0 Å². The van der Waals surface area contributed by atoms with E-state index in [9.17, 15) is 4.39 Å². The van der Waals surface area contributed by atoms with Crippen LogP contribution in [-0.4, -0.2) is 41.2 Å². The highest BCUT2D eigenvalue weighted by Crippen LogP contribution is 2.26. The second kappa shape index (κ2) is 6.93. The van der Waals surface area contributed by atoms with Crippen LogP contribution in [-0.2, 0) is 0 Å². The zero-order valence-electron chi connectivity index (χ0n) is 13.9. The molecule has 0 amide bonds. The van der Waals surface area contributed by atoms with Crippen LogP contribution in [0.5, 0.6) is 0 Å². The van der Waals surface area contributed by atoms with E-state index in [4.69, 9.17) is 4.52 Å². The van der Waals surface area contributed by atoms with E-state index in [-0.39, 0.29) is 11.9 Å². The Morgan fingerprint density at radius 1 is 1.12 bits per heavy atom. The van der Waals surface area contributed by atoms with Crippen molar-refractivity contribution in [2.75, 3.05) is 31.1 Å². The van der Waals surface area contributed by atoms with Gasteiger partial charge in [-0.15, -0.1) is 11.3 Å². The van der Waals surface area contributed by atoms with E-state index in [2.05, 4.69) is 26.9 Å². The lowest BCUT2D eigenvalue weighted by Crippen LogP contribution is -2.47. The van der Waals surface area contributed by atoms with Crippen molar-refractivity contribution in [1.29, 1.82) is 0 Å². The van der Waals surface area contributed by atoms with Gasteiger partial charge < -0.3 is 9.42 Å². The van der Waals surface area contributed by atoms with E-state index >= 15 is 0 Å². The van der Waals surface area contributed by atoms with Crippen LogP contribution in [0.2, 0.25) is 0 Å². The zero-order chi connectivity index (χ0) is 17.2. The highest BCUT2D eigenvalue weighted by Gasteiger charge is 2.26. The summed E-state index contributed by atoms with van der Waals surface area (Å²) in [4.78, 5) is 10.2. The predicted molar refractivity (Wildman–Crippen MR) is 96.2 cm³/mol. The number of rotatable bonds is 4. The van der Waals surface area contributed by atoms with Gasteiger partial charge in [0.25, 0.3) is 0 Å². The van der Waals surface area contributed by atoms with Gasteiger partial charge in [-0.05, 0) is 42.6 Å². The topological polar surface area (TPSA) is 45.4 Å². The number of thiophene rings is 1. The molecule has 0 aliphatic carbocycles. The first-order chi connectivity index (χ1) is 12.2. The van der Waals surface area contributed by atoms with Crippen molar-refractivity contribution in [3.63, 3.8) is 0 Å². The number of aromatic nitrogens is 2. The molecular weight excluding hydrogens is 339 g/mol. The van der Waals surface area contributed by atoms with Gasteiger partial charge in [0.1, 0.15) is 5.82 Å². The summed E-state index contributed by atoms with van der Waals surface area (Å²) in [6.45, 7) is 5.67. The van der Waals surface area contributed by atoms with Crippen LogP contribution in [0.3, 0.4) is 0 Å². The van der Waals surface area contributed by atoms with E-state index in [1.807, 2.05) is 29.6 Å². The first-order valence-corrected chi connectivity index (χ1v) is 9.21. The molecule has 0 saturated carbocycles. The molecule has 1 aliphatic heterocycles. The molecule has 0 bridgehead atoms. The first-order valence-electron chi connectivity index (χ1n) is 8.33. The monoisotopic (exact) mass is 358 g/mol. The minimum atomic E-state index is -0.200. The minimum absolute atomic E-state index is 0.0802. The number of piperazine rings is 1. The summed E-state index contributed by atoms with van der Waals surface area (Å²) in [7, 11) is 0. The summed E-state index contributed by atoms with van der Waals surface area (Å²) in [5.74, 6) is 1.11. The Kier molecular flexibility index (Phi) is 4.50. The molecule has 3 aromatic rings. The largest absolute Gasteiger partial charge is 0.369 e. The molecule has 0 radical (unpaired) electrons. The predicted octanol–water partition coefficient (Wildman–Crippen LogP) is 3.82. The third-order valence-electron chi connectivity index (χ3n) is 4.59. The molecule has 5 nitrogen and oxygen atoms in total. The van der Waals surface area contributed by atoms with Crippen molar-refractivity contribution in [2.45, 2.75) is 13.0 Å². The Labute approximate surface area is 149 Å². The maximum Gasteiger partial charge on any atom is 0.244 e. The third-order valence-corrected chi connectivity index (χ3v) is 5.46. The fourth-order valence-corrected chi connectivity index (χ4v) is 3.74. The first kappa shape index (κ1) is 16.2. The summed E-state index contributed by atoms with van der Waals surface area (Å²) in [6.07, 6.45) is 0. The van der Waals surface area contributed by atoms with Crippen LogP contribution >= 0.6 is 11.3 Å². The van der Waals surface area contributed by atoms with Crippen LogP contribution in [0.15, 0.2) is 46.3 Å². The molecule has 1 fully saturated rings. The van der Waals surface area contributed by atoms with Crippen LogP contribution in [0, 0.1) is 5.82 Å². The molecule has 0 N–H and O–H groups in total. The Balaban J connectivity index is 1.39. The quantitative estimate of drug-likeness (QED) is 0.709. The molecule has 1 saturated heterocycles. The second-order valence-electron chi connectivity index (χ2n) is 6.11. The molecule has 2 aromatic heterocycles. The number of halogens is 1. The Morgan fingerprint density at radius 2 is 1.88 bits per heavy atom. The fraction of sp³-hybridized carbons (Fsp3) is 0.333. The number of hydrogen-bond acceptors (Lipinski definition) is 6. The zero-order valence-corrected chi connectivity index (χ0v) is 14.7. The summed E-state index contributed by atoms with van der Waals surface area (Å²) >= 11 is 1.60. The van der Waals surface area contributed by atoms with Crippen molar-refractivity contribution in [1.82, 2.24) is 15.0 Å². The van der Waals surface area contributed by atoms with Crippen LogP contribution in [0.4, 0.5) is 10.1 Å². The van der Waals surface area contributed by atoms with E-state index in [1.54, 1.807) is 11.3 Å². The molecule has 7 heteroatoms. The minimum Gasteiger partial charge on any atom is -0.369 e. The average molecular weight is 358 g/mol. The van der Waals surface area contributed by atoms with Gasteiger partial charge in [0.15, 0.2) is 0 Å².